The monoisotopic (exact) mass is 357 g/mol. The van der Waals surface area contributed by atoms with E-state index in [1.807, 2.05) is 0 Å². The first-order valence-corrected chi connectivity index (χ1v) is 8.33. The Hall–Kier alpha value is -0.490. The summed E-state index contributed by atoms with van der Waals surface area (Å²) in [4.78, 5) is 12.0. The van der Waals surface area contributed by atoms with Gasteiger partial charge < -0.3 is 0 Å². The Morgan fingerprint density at radius 2 is 1.70 bits per heavy atom. The first kappa shape index (κ1) is 17.6. The highest BCUT2D eigenvalue weighted by molar-refractivity contribution is 7.89. The van der Waals surface area contributed by atoms with Gasteiger partial charge in [-0.05, 0) is 18.1 Å². The zero-order valence-corrected chi connectivity index (χ0v) is 14.0. The summed E-state index contributed by atoms with van der Waals surface area (Å²) in [6.45, 7) is 3.46. The number of rotatable bonds is 4. The van der Waals surface area contributed by atoms with Crippen LogP contribution in [0.2, 0.25) is 0 Å². The summed E-state index contributed by atoms with van der Waals surface area (Å²) in [7, 11) is -4.05. The molecule has 112 valence electrons. The molecule has 0 aliphatic carbocycles. The number of carbonyl (C=O) groups excluding carboxylic acids is 1. The second-order valence-electron chi connectivity index (χ2n) is 4.55. The van der Waals surface area contributed by atoms with Crippen molar-refractivity contribution in [2.75, 3.05) is 6.54 Å². The maximum absolute atomic E-state index is 12.5. The van der Waals surface area contributed by atoms with Crippen LogP contribution >= 0.6 is 34.8 Å². The van der Waals surface area contributed by atoms with Gasteiger partial charge in [-0.1, -0.05) is 66.8 Å². The Morgan fingerprint density at radius 3 is 2.10 bits per heavy atom. The molecule has 0 fully saturated rings. The van der Waals surface area contributed by atoms with Crippen LogP contribution in [0.3, 0.4) is 0 Å². The van der Waals surface area contributed by atoms with Crippen molar-refractivity contribution in [2.45, 2.75) is 22.5 Å². The fourth-order valence-electron chi connectivity index (χ4n) is 1.48. The van der Waals surface area contributed by atoms with Gasteiger partial charge in [0.05, 0.1) is 4.90 Å². The lowest BCUT2D eigenvalue weighted by Gasteiger charge is -2.26. The van der Waals surface area contributed by atoms with Gasteiger partial charge in [-0.2, -0.15) is 0 Å². The number of halogens is 3. The number of sulfonamides is 1. The Labute approximate surface area is 133 Å². The Balaban J connectivity index is 3.28. The molecule has 0 spiro atoms. The van der Waals surface area contributed by atoms with Crippen molar-refractivity contribution in [3.63, 3.8) is 0 Å². The number of nitrogens with zero attached hydrogens (tertiary/aromatic N) is 1. The van der Waals surface area contributed by atoms with Crippen molar-refractivity contribution in [1.82, 2.24) is 4.31 Å². The SMILES string of the molecule is CC(C)CN(C(=O)C(Cl)(Cl)Cl)S(=O)(=O)c1ccccc1. The summed E-state index contributed by atoms with van der Waals surface area (Å²) in [6, 6.07) is 7.55. The van der Waals surface area contributed by atoms with E-state index in [1.54, 1.807) is 32.0 Å². The van der Waals surface area contributed by atoms with Crippen LogP contribution in [0.4, 0.5) is 0 Å². The standard InChI is InChI=1S/C12H14Cl3NO3S/c1-9(2)8-16(11(17)12(13,14)15)20(18,19)10-6-4-3-5-7-10/h3-7,9H,8H2,1-2H3. The van der Waals surface area contributed by atoms with Crippen molar-refractivity contribution < 1.29 is 13.2 Å². The van der Waals surface area contributed by atoms with Crippen LogP contribution in [0, 0.1) is 5.92 Å². The minimum absolute atomic E-state index is 0.0248. The average molecular weight is 359 g/mol. The third-order valence-corrected chi connectivity index (χ3v) is 4.58. The Bertz CT molecular complexity index is 567. The molecule has 0 bridgehead atoms. The van der Waals surface area contributed by atoms with E-state index < -0.39 is 19.7 Å². The van der Waals surface area contributed by atoms with Gasteiger partial charge in [0, 0.05) is 6.54 Å². The Morgan fingerprint density at radius 1 is 1.20 bits per heavy atom. The molecule has 20 heavy (non-hydrogen) atoms. The summed E-state index contributed by atoms with van der Waals surface area (Å²) >= 11 is 16.6. The van der Waals surface area contributed by atoms with Gasteiger partial charge in [-0.15, -0.1) is 0 Å². The lowest BCUT2D eigenvalue weighted by Crippen LogP contribution is -2.45. The number of amides is 1. The minimum atomic E-state index is -4.05. The molecular weight excluding hydrogens is 345 g/mol. The van der Waals surface area contributed by atoms with Gasteiger partial charge in [-0.3, -0.25) is 4.79 Å². The molecule has 0 heterocycles. The van der Waals surface area contributed by atoms with E-state index in [0.717, 1.165) is 0 Å². The zero-order chi connectivity index (χ0) is 15.6. The van der Waals surface area contributed by atoms with Crippen LogP contribution in [0.5, 0.6) is 0 Å². The number of carbonyl (C=O) groups is 1. The lowest BCUT2D eigenvalue weighted by atomic mass is 10.2. The predicted molar refractivity (Wildman–Crippen MR) is 80.5 cm³/mol. The van der Waals surface area contributed by atoms with E-state index in [-0.39, 0.29) is 17.4 Å². The molecule has 4 nitrogen and oxygen atoms in total. The van der Waals surface area contributed by atoms with E-state index in [1.165, 1.54) is 12.1 Å². The molecule has 1 amide bonds. The number of alkyl halides is 3. The van der Waals surface area contributed by atoms with Crippen LogP contribution in [0.25, 0.3) is 0 Å². The van der Waals surface area contributed by atoms with E-state index in [4.69, 9.17) is 34.8 Å². The van der Waals surface area contributed by atoms with Gasteiger partial charge in [-0.25, -0.2) is 12.7 Å². The van der Waals surface area contributed by atoms with E-state index in [9.17, 15) is 13.2 Å². The molecule has 0 saturated carbocycles. The van der Waals surface area contributed by atoms with Crippen LogP contribution < -0.4 is 0 Å². The normalized spacial score (nSPS) is 12.5. The summed E-state index contributed by atoms with van der Waals surface area (Å²) in [5, 5.41) is 0. The molecule has 1 rings (SSSR count). The Kier molecular flexibility index (Phi) is 5.72. The molecule has 0 unspecified atom stereocenters. The van der Waals surface area contributed by atoms with E-state index >= 15 is 0 Å². The zero-order valence-electron chi connectivity index (χ0n) is 10.9. The molecule has 1 aromatic carbocycles. The molecule has 8 heteroatoms. The topological polar surface area (TPSA) is 54.5 Å². The average Bonchev–Trinajstić information content (AvgIpc) is 2.34. The molecule has 0 aromatic heterocycles. The number of benzene rings is 1. The largest absolute Gasteiger partial charge is 0.288 e. The fourth-order valence-corrected chi connectivity index (χ4v) is 3.54. The summed E-state index contributed by atoms with van der Waals surface area (Å²) in [5.74, 6) is -1.19. The first-order chi connectivity index (χ1) is 9.06. The van der Waals surface area contributed by atoms with E-state index in [2.05, 4.69) is 0 Å². The molecule has 0 saturated heterocycles. The predicted octanol–water partition coefficient (Wildman–Crippen LogP) is 3.23. The van der Waals surface area contributed by atoms with Crippen LogP contribution in [0.15, 0.2) is 35.2 Å². The molecule has 0 N–H and O–H groups in total. The van der Waals surface area contributed by atoms with Gasteiger partial charge in [0.15, 0.2) is 0 Å². The van der Waals surface area contributed by atoms with Gasteiger partial charge >= 0.3 is 0 Å². The quantitative estimate of drug-likeness (QED) is 0.776. The molecule has 0 aliphatic rings. The summed E-state index contributed by atoms with van der Waals surface area (Å²) < 4.78 is 23.3. The van der Waals surface area contributed by atoms with Crippen molar-refractivity contribution in [3.8, 4) is 0 Å². The number of hydrogen-bond acceptors (Lipinski definition) is 3. The number of hydrogen-bond donors (Lipinski definition) is 0. The molecular formula is C12H14Cl3NO3S. The lowest BCUT2D eigenvalue weighted by molar-refractivity contribution is -0.125. The summed E-state index contributed by atoms with van der Waals surface area (Å²) in [5.41, 5.74) is 0. The highest BCUT2D eigenvalue weighted by Gasteiger charge is 2.41. The second-order valence-corrected chi connectivity index (χ2v) is 8.69. The molecule has 0 atom stereocenters. The van der Waals surface area contributed by atoms with E-state index in [0.29, 0.717) is 4.31 Å². The highest BCUT2D eigenvalue weighted by atomic mass is 35.6. The van der Waals surface area contributed by atoms with Gasteiger partial charge in [0.2, 0.25) is 0 Å². The maximum Gasteiger partial charge on any atom is 0.288 e. The summed E-state index contributed by atoms with van der Waals surface area (Å²) in [6.07, 6.45) is 0. The van der Waals surface area contributed by atoms with Crippen LogP contribution in [-0.4, -0.2) is 29.0 Å². The third kappa shape index (κ3) is 4.25. The van der Waals surface area contributed by atoms with Gasteiger partial charge in [0.1, 0.15) is 0 Å². The van der Waals surface area contributed by atoms with Crippen molar-refractivity contribution in [2.24, 2.45) is 5.92 Å². The third-order valence-electron chi connectivity index (χ3n) is 2.33. The van der Waals surface area contributed by atoms with Crippen LogP contribution in [0.1, 0.15) is 13.8 Å². The molecule has 1 aromatic rings. The van der Waals surface area contributed by atoms with Crippen molar-refractivity contribution in [3.05, 3.63) is 30.3 Å². The van der Waals surface area contributed by atoms with Crippen molar-refractivity contribution >= 4 is 50.7 Å². The maximum atomic E-state index is 12.5. The minimum Gasteiger partial charge on any atom is -0.269 e. The highest BCUT2D eigenvalue weighted by Crippen LogP contribution is 2.31. The van der Waals surface area contributed by atoms with Crippen molar-refractivity contribution in [1.29, 1.82) is 0 Å². The smallest absolute Gasteiger partial charge is 0.269 e. The molecule has 0 radical (unpaired) electrons. The first-order valence-electron chi connectivity index (χ1n) is 5.75. The molecule has 0 aliphatic heterocycles. The van der Waals surface area contributed by atoms with Crippen LogP contribution in [-0.2, 0) is 14.8 Å². The fraction of sp³-hybridized carbons (Fsp3) is 0.417. The second kappa shape index (κ2) is 6.52. The van der Waals surface area contributed by atoms with Gasteiger partial charge in [0.25, 0.3) is 19.7 Å².